The Morgan fingerprint density at radius 3 is 3.00 bits per heavy atom. The van der Waals surface area contributed by atoms with Crippen LogP contribution in [-0.2, 0) is 9.84 Å². The molecule has 1 fully saturated rings. The Bertz CT molecular complexity index is 506. The van der Waals surface area contributed by atoms with Crippen LogP contribution in [0.4, 0.5) is 10.1 Å². The van der Waals surface area contributed by atoms with Crippen molar-refractivity contribution in [2.45, 2.75) is 5.37 Å². The van der Waals surface area contributed by atoms with Crippen molar-refractivity contribution in [3.05, 3.63) is 24.3 Å². The molecule has 0 bridgehead atoms. The van der Waals surface area contributed by atoms with Crippen molar-refractivity contribution in [1.82, 2.24) is 10.3 Å². The molecule has 1 unspecified atom stereocenters. The predicted octanol–water partition coefficient (Wildman–Crippen LogP) is 0.00100. The first-order valence-corrected chi connectivity index (χ1v) is 7.21. The van der Waals surface area contributed by atoms with E-state index in [1.54, 1.807) is 4.90 Å². The number of piperazine rings is 1. The lowest BCUT2D eigenvalue weighted by molar-refractivity contribution is 0.513. The summed E-state index contributed by atoms with van der Waals surface area (Å²) in [6.45, 7) is 1.40. The average Bonchev–Trinajstić information content (AvgIpc) is 2.28. The smallest absolute Gasteiger partial charge is 0.169 e. The Kier molecular flexibility index (Phi) is 3.30. The second-order valence-electron chi connectivity index (χ2n) is 4.01. The second-order valence-corrected chi connectivity index (χ2v) is 6.21. The number of halogens is 1. The van der Waals surface area contributed by atoms with Crippen molar-refractivity contribution in [1.29, 1.82) is 0 Å². The lowest BCUT2D eigenvalue weighted by Gasteiger charge is -2.36. The zero-order valence-electron chi connectivity index (χ0n) is 9.43. The maximum Gasteiger partial charge on any atom is 0.169 e. The Morgan fingerprint density at radius 2 is 2.35 bits per heavy atom. The van der Waals surface area contributed by atoms with Gasteiger partial charge in [-0.2, -0.15) is 0 Å². The van der Waals surface area contributed by atoms with Crippen LogP contribution in [0.1, 0.15) is 0 Å². The third kappa shape index (κ3) is 2.55. The maximum absolute atomic E-state index is 13.6. The van der Waals surface area contributed by atoms with Gasteiger partial charge in [-0.1, -0.05) is 0 Å². The SMILES string of the molecule is CS(=O)(=O)C1CNCCN1c1ccncc1F. The normalized spacial score (nSPS) is 21.5. The van der Waals surface area contributed by atoms with Gasteiger partial charge in [-0.3, -0.25) is 4.98 Å². The van der Waals surface area contributed by atoms with E-state index in [0.717, 1.165) is 12.5 Å². The van der Waals surface area contributed by atoms with E-state index in [0.29, 0.717) is 19.6 Å². The quantitative estimate of drug-likeness (QED) is 0.810. The van der Waals surface area contributed by atoms with Gasteiger partial charge >= 0.3 is 0 Å². The summed E-state index contributed by atoms with van der Waals surface area (Å²) < 4.78 is 36.9. The van der Waals surface area contributed by atoms with E-state index in [1.807, 2.05) is 0 Å². The number of sulfone groups is 1. The van der Waals surface area contributed by atoms with Crippen LogP contribution < -0.4 is 10.2 Å². The molecule has 1 N–H and O–H groups in total. The zero-order chi connectivity index (χ0) is 12.5. The van der Waals surface area contributed by atoms with Gasteiger partial charge in [0.05, 0.1) is 11.9 Å². The number of hydrogen-bond donors (Lipinski definition) is 1. The van der Waals surface area contributed by atoms with Crippen molar-refractivity contribution in [2.75, 3.05) is 30.8 Å². The highest BCUT2D eigenvalue weighted by Crippen LogP contribution is 2.23. The topological polar surface area (TPSA) is 62.3 Å². The Hall–Kier alpha value is -1.21. The van der Waals surface area contributed by atoms with Crippen LogP contribution in [-0.4, -0.2) is 44.7 Å². The van der Waals surface area contributed by atoms with E-state index in [-0.39, 0.29) is 5.69 Å². The van der Waals surface area contributed by atoms with E-state index >= 15 is 0 Å². The van der Waals surface area contributed by atoms with Gasteiger partial charge in [0.1, 0.15) is 5.37 Å². The first-order valence-electron chi connectivity index (χ1n) is 5.26. The molecule has 0 spiro atoms. The molecule has 0 saturated carbocycles. The van der Waals surface area contributed by atoms with E-state index < -0.39 is 21.0 Å². The van der Waals surface area contributed by atoms with E-state index in [2.05, 4.69) is 10.3 Å². The molecule has 1 aromatic heterocycles. The predicted molar refractivity (Wildman–Crippen MR) is 63.0 cm³/mol. The van der Waals surface area contributed by atoms with Crippen LogP contribution in [0.2, 0.25) is 0 Å². The summed E-state index contributed by atoms with van der Waals surface area (Å²) in [6.07, 6.45) is 3.72. The zero-order valence-corrected chi connectivity index (χ0v) is 10.2. The van der Waals surface area contributed by atoms with Crippen LogP contribution in [0.3, 0.4) is 0 Å². The number of anilines is 1. The summed E-state index contributed by atoms with van der Waals surface area (Å²) in [7, 11) is -3.26. The van der Waals surface area contributed by atoms with Crippen LogP contribution >= 0.6 is 0 Å². The molecule has 17 heavy (non-hydrogen) atoms. The molecule has 0 radical (unpaired) electrons. The van der Waals surface area contributed by atoms with Crippen molar-refractivity contribution >= 4 is 15.5 Å². The minimum atomic E-state index is -3.26. The molecule has 2 heterocycles. The number of nitrogens with zero attached hydrogens (tertiary/aromatic N) is 2. The standard InChI is InChI=1S/C10H14FN3O2S/c1-17(15,16)10-7-13-4-5-14(10)9-2-3-12-6-8(9)11/h2-3,6,10,13H,4-5,7H2,1H3. The lowest BCUT2D eigenvalue weighted by atomic mass is 10.3. The molecule has 2 rings (SSSR count). The van der Waals surface area contributed by atoms with Gasteiger partial charge in [0.25, 0.3) is 0 Å². The molecule has 7 heteroatoms. The summed E-state index contributed by atoms with van der Waals surface area (Å²) >= 11 is 0. The van der Waals surface area contributed by atoms with E-state index in [9.17, 15) is 12.8 Å². The fourth-order valence-corrected chi connectivity index (χ4v) is 3.04. The first-order chi connectivity index (χ1) is 8.00. The van der Waals surface area contributed by atoms with Crippen LogP contribution in [0, 0.1) is 5.82 Å². The monoisotopic (exact) mass is 259 g/mol. The number of pyridine rings is 1. The third-order valence-corrected chi connectivity index (χ3v) is 4.16. The fourth-order valence-electron chi connectivity index (χ4n) is 1.94. The van der Waals surface area contributed by atoms with Gasteiger partial charge in [0.2, 0.25) is 0 Å². The maximum atomic E-state index is 13.6. The Morgan fingerprint density at radius 1 is 1.59 bits per heavy atom. The largest absolute Gasteiger partial charge is 0.350 e. The van der Waals surface area contributed by atoms with E-state index in [4.69, 9.17) is 0 Å². The molecule has 1 atom stereocenters. The summed E-state index contributed by atoms with van der Waals surface area (Å²) in [4.78, 5) is 5.23. The molecule has 1 aromatic rings. The fraction of sp³-hybridized carbons (Fsp3) is 0.500. The van der Waals surface area contributed by atoms with Crippen LogP contribution in [0.5, 0.6) is 0 Å². The second kappa shape index (κ2) is 4.58. The summed E-state index contributed by atoms with van der Waals surface area (Å²) in [5.74, 6) is -0.497. The first kappa shape index (κ1) is 12.3. The minimum Gasteiger partial charge on any atom is -0.350 e. The van der Waals surface area contributed by atoms with Gasteiger partial charge in [-0.05, 0) is 6.07 Å². The molecule has 94 valence electrons. The molecular formula is C10H14FN3O2S. The minimum absolute atomic E-state index is 0.289. The van der Waals surface area contributed by atoms with Gasteiger partial charge in [0.15, 0.2) is 15.7 Å². The molecule has 5 nitrogen and oxygen atoms in total. The summed E-state index contributed by atoms with van der Waals surface area (Å²) in [5.41, 5.74) is 0.289. The Balaban J connectivity index is 2.38. The molecule has 0 aromatic carbocycles. The number of rotatable bonds is 2. The molecule has 1 aliphatic heterocycles. The molecule has 1 aliphatic rings. The molecular weight excluding hydrogens is 245 g/mol. The lowest BCUT2D eigenvalue weighted by Crippen LogP contribution is -2.55. The van der Waals surface area contributed by atoms with Crippen LogP contribution in [0.25, 0.3) is 0 Å². The van der Waals surface area contributed by atoms with Crippen LogP contribution in [0.15, 0.2) is 18.5 Å². The van der Waals surface area contributed by atoms with Gasteiger partial charge in [0, 0.05) is 32.1 Å². The highest BCUT2D eigenvalue weighted by molar-refractivity contribution is 7.91. The third-order valence-electron chi connectivity index (χ3n) is 2.75. The van der Waals surface area contributed by atoms with Crippen molar-refractivity contribution in [3.8, 4) is 0 Å². The molecule has 0 aliphatic carbocycles. The van der Waals surface area contributed by atoms with Crippen molar-refractivity contribution < 1.29 is 12.8 Å². The highest BCUT2D eigenvalue weighted by atomic mass is 32.2. The van der Waals surface area contributed by atoms with Crippen molar-refractivity contribution in [2.24, 2.45) is 0 Å². The van der Waals surface area contributed by atoms with E-state index in [1.165, 1.54) is 12.3 Å². The van der Waals surface area contributed by atoms with Gasteiger partial charge in [-0.25, -0.2) is 12.8 Å². The molecule has 1 saturated heterocycles. The van der Waals surface area contributed by atoms with Gasteiger partial charge in [-0.15, -0.1) is 0 Å². The molecule has 0 amide bonds. The summed E-state index contributed by atoms with van der Waals surface area (Å²) in [5, 5.41) is 2.27. The Labute approximate surface area is 99.6 Å². The van der Waals surface area contributed by atoms with Gasteiger partial charge < -0.3 is 10.2 Å². The average molecular weight is 259 g/mol. The highest BCUT2D eigenvalue weighted by Gasteiger charge is 2.31. The van der Waals surface area contributed by atoms with Crippen molar-refractivity contribution in [3.63, 3.8) is 0 Å². The number of hydrogen-bond acceptors (Lipinski definition) is 5. The number of nitrogens with one attached hydrogen (secondary N) is 1. The number of aromatic nitrogens is 1. The summed E-state index contributed by atoms with van der Waals surface area (Å²) in [6, 6.07) is 1.50.